The van der Waals surface area contributed by atoms with Crippen molar-refractivity contribution in [2.24, 2.45) is 0 Å². The third-order valence-electron chi connectivity index (χ3n) is 0.953. The van der Waals surface area contributed by atoms with Crippen molar-refractivity contribution in [2.45, 2.75) is 17.1 Å². The molecule has 0 fully saturated rings. The Morgan fingerprint density at radius 3 is 2.36 bits per heavy atom. The Morgan fingerprint density at radius 1 is 1.36 bits per heavy atom. The van der Waals surface area contributed by atoms with Crippen LogP contribution in [0.15, 0.2) is 0 Å². The summed E-state index contributed by atoms with van der Waals surface area (Å²) in [6, 6.07) is 0. The lowest BCUT2D eigenvalue weighted by Crippen LogP contribution is -2.36. The van der Waals surface area contributed by atoms with Crippen LogP contribution >= 0.6 is 45.9 Å². The summed E-state index contributed by atoms with van der Waals surface area (Å²) in [6.07, 6.45) is 0.116. The summed E-state index contributed by atoms with van der Waals surface area (Å²) in [6.45, 7) is 1.87. The van der Waals surface area contributed by atoms with E-state index in [1.54, 1.807) is 6.92 Å². The molecule has 0 aliphatic carbocycles. The first kappa shape index (κ1) is 15.2. The van der Waals surface area contributed by atoms with Crippen molar-refractivity contribution in [2.75, 3.05) is 13.2 Å². The van der Waals surface area contributed by atoms with E-state index in [-0.39, 0.29) is 19.6 Å². The smallest absolute Gasteiger partial charge is 0.376 e. The number of alkyl halides is 3. The molecule has 1 unspecified atom stereocenters. The largest absolute Gasteiger partial charge is 0.638 e. The van der Waals surface area contributed by atoms with Gasteiger partial charge < -0.3 is 9.22 Å². The van der Waals surface area contributed by atoms with Gasteiger partial charge in [-0.2, -0.15) is 0 Å². The summed E-state index contributed by atoms with van der Waals surface area (Å²) in [7, 11) is -3.68. The van der Waals surface area contributed by atoms with Gasteiger partial charge in [-0.15, -0.1) is 0 Å². The number of hydrogen-bond acceptors (Lipinski definition) is 4. The average Bonchev–Trinajstić information content (AvgIpc) is 1.96. The van der Waals surface area contributed by atoms with E-state index in [1.165, 1.54) is 0 Å². The highest BCUT2D eigenvalue weighted by Gasteiger charge is 2.36. The molecule has 0 spiro atoms. The zero-order chi connectivity index (χ0) is 11.2. The van der Waals surface area contributed by atoms with Crippen LogP contribution in [0.25, 0.3) is 0 Å². The maximum Gasteiger partial charge on any atom is 0.638 e. The van der Waals surface area contributed by atoms with Gasteiger partial charge in [0.1, 0.15) is 0 Å². The lowest BCUT2D eigenvalue weighted by atomic mass is 10.5. The van der Waals surface area contributed by atoms with Crippen molar-refractivity contribution in [3.05, 3.63) is 0 Å². The van der Waals surface area contributed by atoms with Crippen LogP contribution in [0.5, 0.6) is 0 Å². The fraction of sp³-hybridized carbons (Fsp3) is 1.00. The van der Waals surface area contributed by atoms with Crippen molar-refractivity contribution < 1.29 is 18.7 Å². The molecular formula is C5H10Cl4O4Si. The number of rotatable bonds is 6. The molecule has 4 nitrogen and oxygen atoms in total. The van der Waals surface area contributed by atoms with E-state index >= 15 is 0 Å². The summed E-state index contributed by atoms with van der Waals surface area (Å²) in [4.78, 5) is 13.7. The van der Waals surface area contributed by atoms with Crippen molar-refractivity contribution in [1.82, 2.24) is 0 Å². The molecule has 0 aromatic rings. The SMILES string of the molecule is CCO[Si](O)(Cl)OOCCC(Cl)(Cl)Cl. The lowest BCUT2D eigenvalue weighted by molar-refractivity contribution is -0.241. The minimum atomic E-state index is -3.68. The molecule has 0 radical (unpaired) electrons. The molecule has 9 heteroatoms. The van der Waals surface area contributed by atoms with E-state index in [1.807, 2.05) is 0 Å². The molecule has 86 valence electrons. The maximum absolute atomic E-state index is 9.18. The third kappa shape index (κ3) is 9.76. The van der Waals surface area contributed by atoms with Crippen molar-refractivity contribution >= 4 is 54.0 Å². The summed E-state index contributed by atoms with van der Waals surface area (Å²) in [5.41, 5.74) is 0. The fourth-order valence-electron chi connectivity index (χ4n) is 0.474. The van der Waals surface area contributed by atoms with Gasteiger partial charge in [0.15, 0.2) is 3.79 Å². The Morgan fingerprint density at radius 2 is 1.93 bits per heavy atom. The highest BCUT2D eigenvalue weighted by Crippen LogP contribution is 2.29. The zero-order valence-corrected chi connectivity index (χ0v) is 11.3. The summed E-state index contributed by atoms with van der Waals surface area (Å²) < 4.78 is 7.69. The predicted octanol–water partition coefficient (Wildman–Crippen LogP) is 2.40. The standard InChI is InChI=1S/C5H10Cl4O4Si/c1-2-12-14(9,10)13-11-4-3-5(6,7)8/h10H,2-4H2,1H3. The molecule has 0 aliphatic rings. The molecule has 0 aromatic heterocycles. The van der Waals surface area contributed by atoms with E-state index in [4.69, 9.17) is 45.9 Å². The maximum atomic E-state index is 9.18. The highest BCUT2D eigenvalue weighted by molar-refractivity contribution is 7.08. The Labute approximate surface area is 103 Å². The van der Waals surface area contributed by atoms with Gasteiger partial charge >= 0.3 is 8.11 Å². The zero-order valence-electron chi connectivity index (χ0n) is 7.31. The van der Waals surface area contributed by atoms with Crippen LogP contribution in [0, 0.1) is 0 Å². The average molecular weight is 304 g/mol. The Kier molecular flexibility index (Phi) is 7.31. The van der Waals surface area contributed by atoms with E-state index < -0.39 is 11.9 Å². The van der Waals surface area contributed by atoms with Crippen LogP contribution in [0.4, 0.5) is 0 Å². The van der Waals surface area contributed by atoms with Crippen LogP contribution < -0.4 is 0 Å². The topological polar surface area (TPSA) is 47.9 Å². The Balaban J connectivity index is 3.54. The lowest BCUT2D eigenvalue weighted by Gasteiger charge is -2.15. The molecule has 1 atom stereocenters. The van der Waals surface area contributed by atoms with Gasteiger partial charge in [-0.25, -0.2) is 9.46 Å². The van der Waals surface area contributed by atoms with Gasteiger partial charge in [0, 0.05) is 13.0 Å². The Hall–Kier alpha value is 1.22. The van der Waals surface area contributed by atoms with Crippen LogP contribution in [-0.4, -0.2) is 29.9 Å². The van der Waals surface area contributed by atoms with E-state index in [0.717, 1.165) is 0 Å². The molecule has 0 saturated carbocycles. The summed E-state index contributed by atoms with van der Waals surface area (Å²) in [5.74, 6) is 0. The number of halogens is 4. The molecule has 0 aliphatic heterocycles. The molecule has 14 heavy (non-hydrogen) atoms. The van der Waals surface area contributed by atoms with Crippen molar-refractivity contribution in [3.63, 3.8) is 0 Å². The molecule has 1 N–H and O–H groups in total. The van der Waals surface area contributed by atoms with Gasteiger partial charge in [0.25, 0.3) is 0 Å². The molecule has 0 amide bonds. The van der Waals surface area contributed by atoms with E-state index in [2.05, 4.69) is 13.9 Å². The van der Waals surface area contributed by atoms with Crippen LogP contribution in [0.1, 0.15) is 13.3 Å². The first-order valence-electron chi connectivity index (χ1n) is 3.69. The monoisotopic (exact) mass is 302 g/mol. The predicted molar refractivity (Wildman–Crippen MR) is 57.4 cm³/mol. The summed E-state index contributed by atoms with van der Waals surface area (Å²) >= 11 is 21.7. The van der Waals surface area contributed by atoms with E-state index in [9.17, 15) is 4.80 Å². The third-order valence-corrected chi connectivity index (χ3v) is 3.00. The first-order valence-corrected chi connectivity index (χ1v) is 7.60. The molecule has 0 rings (SSSR count). The van der Waals surface area contributed by atoms with Gasteiger partial charge in [-0.1, -0.05) is 45.9 Å². The van der Waals surface area contributed by atoms with Gasteiger partial charge in [-0.3, -0.25) is 0 Å². The second-order valence-corrected chi connectivity index (χ2v) is 7.62. The van der Waals surface area contributed by atoms with Crippen molar-refractivity contribution in [1.29, 1.82) is 0 Å². The molecule has 0 saturated heterocycles. The van der Waals surface area contributed by atoms with Crippen LogP contribution in [0.3, 0.4) is 0 Å². The molecular weight excluding hydrogens is 294 g/mol. The van der Waals surface area contributed by atoms with E-state index in [0.29, 0.717) is 0 Å². The molecule has 0 bridgehead atoms. The second-order valence-electron chi connectivity index (χ2n) is 2.21. The van der Waals surface area contributed by atoms with Crippen LogP contribution in [0.2, 0.25) is 0 Å². The van der Waals surface area contributed by atoms with Gasteiger partial charge in [0.05, 0.1) is 6.61 Å². The fourth-order valence-corrected chi connectivity index (χ4v) is 1.80. The van der Waals surface area contributed by atoms with Crippen LogP contribution in [-0.2, 0) is 13.9 Å². The first-order chi connectivity index (χ1) is 6.27. The highest BCUT2D eigenvalue weighted by atomic mass is 35.6. The normalized spacial score (nSPS) is 16.7. The quantitative estimate of drug-likeness (QED) is 0.204. The number of hydrogen-bond donors (Lipinski definition) is 1. The van der Waals surface area contributed by atoms with Gasteiger partial charge in [0.2, 0.25) is 0 Å². The molecule has 0 aromatic carbocycles. The second kappa shape index (κ2) is 6.73. The van der Waals surface area contributed by atoms with Crippen molar-refractivity contribution in [3.8, 4) is 0 Å². The Bertz CT molecular complexity index is 162. The van der Waals surface area contributed by atoms with Gasteiger partial charge in [-0.05, 0) is 6.92 Å². The minimum absolute atomic E-state index is 0.00833. The summed E-state index contributed by atoms with van der Waals surface area (Å²) in [5, 5.41) is 0. The molecule has 0 heterocycles. The minimum Gasteiger partial charge on any atom is -0.376 e.